The maximum absolute atomic E-state index is 12.5. The number of nitrogens with one attached hydrogen (secondary N) is 1. The average Bonchev–Trinajstić information content (AvgIpc) is 3.05. The first-order chi connectivity index (χ1) is 11.3. The van der Waals surface area contributed by atoms with Crippen molar-refractivity contribution < 1.29 is 4.79 Å². The highest BCUT2D eigenvalue weighted by atomic mass is 32.1. The van der Waals surface area contributed by atoms with Crippen LogP contribution in [-0.2, 0) is 14.1 Å². The van der Waals surface area contributed by atoms with Gasteiger partial charge in [0.05, 0.1) is 6.54 Å². The number of aromatic nitrogens is 2. The van der Waals surface area contributed by atoms with Crippen molar-refractivity contribution in [2.45, 2.75) is 19.9 Å². The number of Topliss-reactive ketones (excluding diaryl/α,β-unsaturated/α-hetero) is 1. The summed E-state index contributed by atoms with van der Waals surface area (Å²) in [6.07, 6.45) is 0. The van der Waals surface area contributed by atoms with E-state index in [-0.39, 0.29) is 29.9 Å². The van der Waals surface area contributed by atoms with Gasteiger partial charge in [0.15, 0.2) is 5.78 Å². The highest BCUT2D eigenvalue weighted by molar-refractivity contribution is 7.10. The molecule has 0 aliphatic rings. The van der Waals surface area contributed by atoms with Crippen molar-refractivity contribution >= 4 is 22.9 Å². The Balaban J connectivity index is 2.28. The molecular formula is C16H22N4O3S. The summed E-state index contributed by atoms with van der Waals surface area (Å²) in [5.74, 6) is -0.255. The second kappa shape index (κ2) is 7.14. The number of carbonyl (C=O) groups excluding carboxylic acids is 1. The molecule has 0 aromatic carbocycles. The molecule has 2 heterocycles. The predicted molar refractivity (Wildman–Crippen MR) is 95.6 cm³/mol. The molecule has 24 heavy (non-hydrogen) atoms. The fourth-order valence-electron chi connectivity index (χ4n) is 2.55. The summed E-state index contributed by atoms with van der Waals surface area (Å²) in [5, 5.41) is 5.18. The van der Waals surface area contributed by atoms with E-state index in [0.29, 0.717) is 0 Å². The zero-order chi connectivity index (χ0) is 18.0. The van der Waals surface area contributed by atoms with Crippen molar-refractivity contribution in [3.05, 3.63) is 48.8 Å². The number of hydrogen-bond acceptors (Lipinski definition) is 6. The fourth-order valence-corrected chi connectivity index (χ4v) is 3.52. The Morgan fingerprint density at radius 2 is 1.96 bits per heavy atom. The third-order valence-corrected chi connectivity index (χ3v) is 4.94. The molecule has 0 radical (unpaired) electrons. The molecule has 1 unspecified atom stereocenters. The van der Waals surface area contributed by atoms with E-state index in [1.807, 2.05) is 17.5 Å². The third kappa shape index (κ3) is 3.34. The smallest absolute Gasteiger partial charge is 0.332 e. The molecule has 2 rings (SSSR count). The molecule has 0 bridgehead atoms. The number of thiophene rings is 1. The van der Waals surface area contributed by atoms with Crippen LogP contribution in [-0.4, -0.2) is 21.5 Å². The van der Waals surface area contributed by atoms with Crippen LogP contribution in [0.15, 0.2) is 27.1 Å². The van der Waals surface area contributed by atoms with Crippen molar-refractivity contribution in [1.82, 2.24) is 14.5 Å². The van der Waals surface area contributed by atoms with E-state index < -0.39 is 17.0 Å². The first kappa shape index (κ1) is 18.2. The Morgan fingerprint density at radius 3 is 2.50 bits per heavy atom. The van der Waals surface area contributed by atoms with Crippen LogP contribution < -0.4 is 22.3 Å². The number of hydrogen-bond donors (Lipinski definition) is 2. The van der Waals surface area contributed by atoms with Crippen molar-refractivity contribution in [2.24, 2.45) is 20.0 Å². The van der Waals surface area contributed by atoms with E-state index in [0.717, 1.165) is 14.0 Å². The molecule has 0 saturated heterocycles. The van der Waals surface area contributed by atoms with Gasteiger partial charge in [-0.05, 0) is 17.4 Å². The summed E-state index contributed by atoms with van der Waals surface area (Å²) in [6.45, 7) is 4.08. The molecule has 0 saturated carbocycles. The Hall–Kier alpha value is -2.19. The second-order valence-corrected chi connectivity index (χ2v) is 6.99. The van der Waals surface area contributed by atoms with Gasteiger partial charge in [-0.15, -0.1) is 11.3 Å². The molecule has 2 aromatic heterocycles. The maximum Gasteiger partial charge on any atom is 0.332 e. The maximum atomic E-state index is 12.5. The Labute approximate surface area is 143 Å². The van der Waals surface area contributed by atoms with Gasteiger partial charge in [0.2, 0.25) is 0 Å². The van der Waals surface area contributed by atoms with Gasteiger partial charge in [0.25, 0.3) is 5.56 Å². The summed E-state index contributed by atoms with van der Waals surface area (Å²) >= 11 is 1.61. The van der Waals surface area contributed by atoms with Gasteiger partial charge in [-0.2, -0.15) is 0 Å². The lowest BCUT2D eigenvalue weighted by molar-refractivity contribution is 0.0983. The van der Waals surface area contributed by atoms with E-state index in [1.54, 1.807) is 11.3 Å². The first-order valence-electron chi connectivity index (χ1n) is 7.61. The van der Waals surface area contributed by atoms with Gasteiger partial charge in [-0.1, -0.05) is 19.9 Å². The predicted octanol–water partition coefficient (Wildman–Crippen LogP) is 0.897. The summed E-state index contributed by atoms with van der Waals surface area (Å²) in [4.78, 5) is 37.7. The fraction of sp³-hybridized carbons (Fsp3) is 0.438. The molecule has 130 valence electrons. The van der Waals surface area contributed by atoms with Gasteiger partial charge in [0, 0.05) is 25.0 Å². The number of ketones is 1. The molecule has 0 aliphatic heterocycles. The van der Waals surface area contributed by atoms with E-state index >= 15 is 0 Å². The van der Waals surface area contributed by atoms with Crippen LogP contribution in [0.4, 0.5) is 5.82 Å². The SMILES string of the molecule is CC(C)C(NCC(=O)c1c(N)n(C)c(=O)n(C)c1=O)c1cccs1. The molecule has 2 aromatic rings. The van der Waals surface area contributed by atoms with Crippen LogP contribution in [0, 0.1) is 5.92 Å². The van der Waals surface area contributed by atoms with Crippen molar-refractivity contribution in [2.75, 3.05) is 12.3 Å². The lowest BCUT2D eigenvalue weighted by Crippen LogP contribution is -2.43. The number of nitrogen functional groups attached to an aromatic ring is 1. The largest absolute Gasteiger partial charge is 0.384 e. The Morgan fingerprint density at radius 1 is 1.29 bits per heavy atom. The van der Waals surface area contributed by atoms with Gasteiger partial charge in [-0.3, -0.25) is 18.7 Å². The third-order valence-electron chi connectivity index (χ3n) is 3.99. The molecule has 0 aliphatic carbocycles. The lowest BCUT2D eigenvalue weighted by atomic mass is 10.0. The lowest BCUT2D eigenvalue weighted by Gasteiger charge is -2.21. The Kier molecular flexibility index (Phi) is 5.40. The van der Waals surface area contributed by atoms with Crippen LogP contribution in [0.3, 0.4) is 0 Å². The molecule has 1 atom stereocenters. The minimum absolute atomic E-state index is 0.00607. The van der Waals surface area contributed by atoms with Crippen LogP contribution in [0.5, 0.6) is 0 Å². The highest BCUT2D eigenvalue weighted by Gasteiger charge is 2.22. The van der Waals surface area contributed by atoms with Crippen LogP contribution in [0.25, 0.3) is 0 Å². The summed E-state index contributed by atoms with van der Waals surface area (Å²) in [6, 6.07) is 3.97. The van der Waals surface area contributed by atoms with Gasteiger partial charge in [0.1, 0.15) is 11.4 Å². The number of nitrogens with zero attached hydrogens (tertiary/aromatic N) is 2. The number of carbonyl (C=O) groups is 1. The highest BCUT2D eigenvalue weighted by Crippen LogP contribution is 2.25. The zero-order valence-corrected chi connectivity index (χ0v) is 15.0. The van der Waals surface area contributed by atoms with Crippen molar-refractivity contribution in [3.63, 3.8) is 0 Å². The molecular weight excluding hydrogens is 328 g/mol. The zero-order valence-electron chi connectivity index (χ0n) is 14.2. The van der Waals surface area contributed by atoms with Crippen molar-refractivity contribution in [1.29, 1.82) is 0 Å². The average molecular weight is 350 g/mol. The van der Waals surface area contributed by atoms with Gasteiger partial charge < -0.3 is 11.1 Å². The van der Waals surface area contributed by atoms with Crippen molar-refractivity contribution in [3.8, 4) is 0 Å². The molecule has 8 heteroatoms. The van der Waals surface area contributed by atoms with Gasteiger partial charge in [-0.25, -0.2) is 4.79 Å². The number of anilines is 1. The molecule has 0 spiro atoms. The van der Waals surface area contributed by atoms with E-state index in [2.05, 4.69) is 19.2 Å². The minimum atomic E-state index is -0.667. The van der Waals surface area contributed by atoms with E-state index in [9.17, 15) is 14.4 Å². The monoisotopic (exact) mass is 350 g/mol. The molecule has 0 amide bonds. The minimum Gasteiger partial charge on any atom is -0.384 e. The quantitative estimate of drug-likeness (QED) is 0.754. The van der Waals surface area contributed by atoms with Crippen LogP contribution in [0.1, 0.15) is 35.1 Å². The van der Waals surface area contributed by atoms with Crippen LogP contribution in [0.2, 0.25) is 0 Å². The standard InChI is InChI=1S/C16H22N4O3S/c1-9(2)13(11-6-5-7-24-11)18-8-10(21)12-14(17)19(3)16(23)20(4)15(12)22/h5-7,9,13,18H,8,17H2,1-4H3. The Bertz CT molecular complexity index is 849. The normalized spacial score (nSPS) is 12.5. The first-order valence-corrected chi connectivity index (χ1v) is 8.49. The molecule has 0 fully saturated rings. The molecule has 7 nitrogen and oxygen atoms in total. The second-order valence-electron chi connectivity index (χ2n) is 6.01. The summed E-state index contributed by atoms with van der Waals surface area (Å²) in [7, 11) is 2.76. The number of rotatable bonds is 6. The van der Waals surface area contributed by atoms with Crippen LogP contribution >= 0.6 is 11.3 Å². The summed E-state index contributed by atoms with van der Waals surface area (Å²) in [5.41, 5.74) is 4.44. The number of nitrogens with two attached hydrogens (primary N) is 1. The summed E-state index contributed by atoms with van der Waals surface area (Å²) < 4.78 is 2.00. The van der Waals surface area contributed by atoms with E-state index in [1.165, 1.54) is 14.1 Å². The van der Waals surface area contributed by atoms with Gasteiger partial charge >= 0.3 is 5.69 Å². The topological polar surface area (TPSA) is 99.1 Å². The molecule has 3 N–H and O–H groups in total. The van der Waals surface area contributed by atoms with E-state index in [4.69, 9.17) is 5.73 Å².